The Morgan fingerprint density at radius 2 is 0.680 bits per heavy atom. The van der Waals surface area contributed by atoms with Crippen LogP contribution in [-0.2, 0) is 5.41 Å². The van der Waals surface area contributed by atoms with Gasteiger partial charge in [-0.3, -0.25) is 0 Å². The first-order valence-corrected chi connectivity index (χ1v) is 17.1. The van der Waals surface area contributed by atoms with Gasteiger partial charge >= 0.3 is 0 Å². The predicted octanol–water partition coefficient (Wildman–Crippen LogP) is 12.1. The molecule has 3 nitrogen and oxygen atoms in total. The fraction of sp³-hybridized carbons (Fsp3) is 0.0213. The highest BCUT2D eigenvalue weighted by atomic mass is 16.5. The molecule has 0 saturated heterocycles. The van der Waals surface area contributed by atoms with Gasteiger partial charge in [0.1, 0.15) is 17.2 Å². The SMILES string of the molecule is c1ccc2c(c1)Oc1ccccc1C21c2ccccc2Oc2c(-n3cc4c(c3)-c3ccccc3-c3ccccc3-c3ccccc3-4)cccc21. The van der Waals surface area contributed by atoms with Crippen LogP contribution < -0.4 is 9.47 Å². The maximum Gasteiger partial charge on any atom is 0.156 e. The molecule has 7 aromatic carbocycles. The molecular formula is C47H29NO2. The van der Waals surface area contributed by atoms with Crippen LogP contribution in [0.3, 0.4) is 0 Å². The van der Waals surface area contributed by atoms with Crippen LogP contribution in [0.5, 0.6) is 23.0 Å². The van der Waals surface area contributed by atoms with Crippen molar-refractivity contribution in [3.8, 4) is 73.2 Å². The van der Waals surface area contributed by atoms with Crippen molar-refractivity contribution in [3.05, 3.63) is 198 Å². The number of para-hydroxylation sites is 4. The number of benzene rings is 7. The quantitative estimate of drug-likeness (QED) is 0.178. The molecule has 0 amide bonds. The van der Waals surface area contributed by atoms with E-state index in [1.165, 1.54) is 44.5 Å². The van der Waals surface area contributed by atoms with Crippen LogP contribution in [0.2, 0.25) is 0 Å². The number of hydrogen-bond donors (Lipinski definition) is 0. The third-order valence-electron chi connectivity index (χ3n) is 10.7. The fourth-order valence-corrected chi connectivity index (χ4v) is 8.71. The van der Waals surface area contributed by atoms with Crippen LogP contribution >= 0.6 is 0 Å². The van der Waals surface area contributed by atoms with E-state index in [9.17, 15) is 0 Å². The van der Waals surface area contributed by atoms with Crippen LogP contribution in [0.25, 0.3) is 50.2 Å². The summed E-state index contributed by atoms with van der Waals surface area (Å²) in [5.41, 5.74) is 14.5. The lowest BCUT2D eigenvalue weighted by molar-refractivity contribution is 0.398. The molecule has 3 aliphatic rings. The Balaban J connectivity index is 1.22. The Hall–Kier alpha value is -6.58. The van der Waals surface area contributed by atoms with Gasteiger partial charge in [0.15, 0.2) is 5.75 Å². The largest absolute Gasteiger partial charge is 0.457 e. The van der Waals surface area contributed by atoms with Gasteiger partial charge in [0, 0.05) is 45.8 Å². The third kappa shape index (κ3) is 3.58. The number of rotatable bonds is 1. The minimum Gasteiger partial charge on any atom is -0.457 e. The van der Waals surface area contributed by atoms with E-state index in [4.69, 9.17) is 9.47 Å². The lowest BCUT2D eigenvalue weighted by Crippen LogP contribution is -2.37. The summed E-state index contributed by atoms with van der Waals surface area (Å²) in [6, 6.07) is 58.3. The monoisotopic (exact) mass is 639 g/mol. The number of fused-ring (bicyclic) bond motifs is 16. The maximum atomic E-state index is 7.03. The highest BCUT2D eigenvalue weighted by Gasteiger charge is 2.51. The Morgan fingerprint density at radius 3 is 1.14 bits per heavy atom. The van der Waals surface area contributed by atoms with E-state index in [2.05, 4.69) is 169 Å². The van der Waals surface area contributed by atoms with E-state index < -0.39 is 5.41 Å². The Kier molecular flexibility index (Phi) is 5.59. The molecule has 2 aliphatic heterocycles. The molecule has 0 radical (unpaired) electrons. The number of hydrogen-bond acceptors (Lipinski definition) is 2. The van der Waals surface area contributed by atoms with E-state index in [0.717, 1.165) is 50.9 Å². The molecule has 1 aliphatic carbocycles. The van der Waals surface area contributed by atoms with Gasteiger partial charge in [0.25, 0.3) is 0 Å². The average Bonchev–Trinajstić information content (AvgIpc) is 3.62. The molecule has 234 valence electrons. The van der Waals surface area contributed by atoms with Gasteiger partial charge in [-0.05, 0) is 57.6 Å². The van der Waals surface area contributed by atoms with Gasteiger partial charge in [-0.1, -0.05) is 140 Å². The molecule has 0 unspecified atom stereocenters. The van der Waals surface area contributed by atoms with Gasteiger partial charge in [-0.2, -0.15) is 0 Å². The van der Waals surface area contributed by atoms with Crippen molar-refractivity contribution in [2.75, 3.05) is 0 Å². The van der Waals surface area contributed by atoms with Crippen molar-refractivity contribution in [3.63, 3.8) is 0 Å². The lowest BCUT2D eigenvalue weighted by Gasteiger charge is -2.45. The first kappa shape index (κ1) is 27.4. The van der Waals surface area contributed by atoms with Crippen molar-refractivity contribution >= 4 is 0 Å². The first-order chi connectivity index (χ1) is 24.8. The van der Waals surface area contributed by atoms with Crippen molar-refractivity contribution in [2.45, 2.75) is 5.41 Å². The van der Waals surface area contributed by atoms with Crippen LogP contribution in [0.15, 0.2) is 176 Å². The van der Waals surface area contributed by atoms with Crippen LogP contribution in [0.4, 0.5) is 0 Å². The summed E-state index contributed by atoms with van der Waals surface area (Å²) in [5.74, 6) is 3.40. The third-order valence-corrected chi connectivity index (χ3v) is 10.7. The molecule has 0 bridgehead atoms. The molecule has 11 rings (SSSR count). The van der Waals surface area contributed by atoms with E-state index in [-0.39, 0.29) is 0 Å². The number of nitrogens with zero attached hydrogens (tertiary/aromatic N) is 1. The topological polar surface area (TPSA) is 23.4 Å². The number of aromatic nitrogens is 1. The summed E-state index contributed by atoms with van der Waals surface area (Å²) in [6.07, 6.45) is 4.58. The van der Waals surface area contributed by atoms with Crippen molar-refractivity contribution < 1.29 is 9.47 Å². The predicted molar refractivity (Wildman–Crippen MR) is 200 cm³/mol. The zero-order chi connectivity index (χ0) is 32.8. The maximum absolute atomic E-state index is 7.03. The molecule has 0 saturated carbocycles. The standard InChI is InChI=1S/C47H29NO2/c1-2-15-31-30(14-1)32-16-3-5-18-34(32)36-28-48(29-37(36)35-19-6-4-17-33(31)35)42-24-13-23-41-46(42)50-45-27-12-9-22-40(45)47(41)38-20-7-10-25-43(38)49-44-26-11-8-21-39(44)47/h1-29H. The highest BCUT2D eigenvalue weighted by molar-refractivity contribution is 6.03. The van der Waals surface area contributed by atoms with Gasteiger partial charge in [-0.25, -0.2) is 0 Å². The Labute approximate surface area is 290 Å². The second-order valence-corrected chi connectivity index (χ2v) is 13.2. The second kappa shape index (κ2) is 10.2. The van der Waals surface area contributed by atoms with E-state index in [1.54, 1.807) is 0 Å². The van der Waals surface area contributed by atoms with E-state index in [0.29, 0.717) is 0 Å². The number of ether oxygens (including phenoxy) is 2. The highest BCUT2D eigenvalue weighted by Crippen LogP contribution is 2.62. The molecule has 0 atom stereocenters. The molecule has 0 fully saturated rings. The van der Waals surface area contributed by atoms with Crippen LogP contribution in [0, 0.1) is 0 Å². The molecule has 0 N–H and O–H groups in total. The summed E-state index contributed by atoms with van der Waals surface area (Å²) in [6.45, 7) is 0. The van der Waals surface area contributed by atoms with Crippen LogP contribution in [0.1, 0.15) is 22.3 Å². The van der Waals surface area contributed by atoms with Gasteiger partial charge in [0.05, 0.1) is 11.1 Å². The summed E-state index contributed by atoms with van der Waals surface area (Å²) >= 11 is 0. The normalized spacial score (nSPS) is 13.7. The van der Waals surface area contributed by atoms with Gasteiger partial charge in [-0.15, -0.1) is 0 Å². The molecule has 50 heavy (non-hydrogen) atoms. The van der Waals surface area contributed by atoms with Crippen molar-refractivity contribution in [2.24, 2.45) is 0 Å². The van der Waals surface area contributed by atoms with E-state index >= 15 is 0 Å². The Morgan fingerprint density at radius 1 is 0.320 bits per heavy atom. The molecule has 8 aromatic rings. The zero-order valence-electron chi connectivity index (χ0n) is 27.0. The molecule has 1 spiro atoms. The fourth-order valence-electron chi connectivity index (χ4n) is 8.71. The minimum atomic E-state index is -0.645. The molecular weight excluding hydrogens is 611 g/mol. The van der Waals surface area contributed by atoms with Crippen molar-refractivity contribution in [1.29, 1.82) is 0 Å². The average molecular weight is 640 g/mol. The van der Waals surface area contributed by atoms with E-state index in [1.807, 2.05) is 12.1 Å². The lowest BCUT2D eigenvalue weighted by atomic mass is 9.62. The summed E-state index contributed by atoms with van der Waals surface area (Å²) in [7, 11) is 0. The van der Waals surface area contributed by atoms with Crippen molar-refractivity contribution in [1.82, 2.24) is 4.57 Å². The molecule has 1 aromatic heterocycles. The Bertz CT molecular complexity index is 2530. The zero-order valence-corrected chi connectivity index (χ0v) is 27.0. The summed E-state index contributed by atoms with van der Waals surface area (Å²) in [4.78, 5) is 0. The second-order valence-electron chi connectivity index (χ2n) is 13.2. The molecule has 3 heteroatoms. The summed E-state index contributed by atoms with van der Waals surface area (Å²) in [5, 5.41) is 0. The van der Waals surface area contributed by atoms with Gasteiger partial charge < -0.3 is 14.0 Å². The minimum absolute atomic E-state index is 0.645. The smallest absolute Gasteiger partial charge is 0.156 e. The summed E-state index contributed by atoms with van der Waals surface area (Å²) < 4.78 is 15.9. The van der Waals surface area contributed by atoms with Gasteiger partial charge in [0.2, 0.25) is 0 Å². The first-order valence-electron chi connectivity index (χ1n) is 17.1. The van der Waals surface area contributed by atoms with Crippen LogP contribution in [-0.4, -0.2) is 4.57 Å². The molecule has 3 heterocycles.